The van der Waals surface area contributed by atoms with Crippen molar-refractivity contribution in [2.45, 2.75) is 52.5 Å². The van der Waals surface area contributed by atoms with Gasteiger partial charge in [0.25, 0.3) is 5.91 Å². The Bertz CT molecular complexity index is 1020. The Morgan fingerprint density at radius 3 is 2.83 bits per heavy atom. The Morgan fingerprint density at radius 1 is 1.34 bits per heavy atom. The zero-order valence-electron chi connectivity index (χ0n) is 17.0. The number of aromatic amines is 1. The average molecular weight is 395 g/mol. The van der Waals surface area contributed by atoms with Crippen LogP contribution in [0.1, 0.15) is 67.1 Å². The van der Waals surface area contributed by atoms with E-state index in [4.69, 9.17) is 0 Å². The molecule has 1 atom stereocenters. The minimum atomic E-state index is -0.276. The summed E-state index contributed by atoms with van der Waals surface area (Å²) in [4.78, 5) is 12.8. The standard InChI is InChI=1S/C22H26FN5O/c1-4-5-15-10-18(27-26-15)21(29)25-19-11-22(2,3)12-20-17(19)13-24-28(20)16-8-6-14(23)7-9-16/h6-10,13,19H,4-5,11-12H2,1-3H3,(H,25,29)(H,26,27)/t19-/m1/s1. The Labute approximate surface area is 169 Å². The number of benzene rings is 1. The number of nitrogens with one attached hydrogen (secondary N) is 2. The zero-order chi connectivity index (χ0) is 20.6. The average Bonchev–Trinajstić information content (AvgIpc) is 3.29. The summed E-state index contributed by atoms with van der Waals surface area (Å²) in [7, 11) is 0. The summed E-state index contributed by atoms with van der Waals surface area (Å²) in [5, 5.41) is 14.8. The molecule has 1 aliphatic rings. The number of H-pyrrole nitrogens is 1. The molecule has 0 unspecified atom stereocenters. The molecule has 2 aromatic heterocycles. The Balaban J connectivity index is 1.62. The third kappa shape index (κ3) is 3.95. The van der Waals surface area contributed by atoms with Crippen molar-refractivity contribution in [3.63, 3.8) is 0 Å². The van der Waals surface area contributed by atoms with Gasteiger partial charge in [-0.3, -0.25) is 9.89 Å². The molecule has 0 spiro atoms. The summed E-state index contributed by atoms with van der Waals surface area (Å²) >= 11 is 0. The molecule has 1 aromatic carbocycles. The summed E-state index contributed by atoms with van der Waals surface area (Å²) < 4.78 is 15.2. The van der Waals surface area contributed by atoms with E-state index in [1.54, 1.807) is 12.1 Å². The minimum Gasteiger partial charge on any atom is -0.344 e. The lowest BCUT2D eigenvalue weighted by Crippen LogP contribution is -2.37. The van der Waals surface area contributed by atoms with Crippen molar-refractivity contribution in [2.75, 3.05) is 0 Å². The van der Waals surface area contributed by atoms with Crippen molar-refractivity contribution in [2.24, 2.45) is 5.41 Å². The van der Waals surface area contributed by atoms with Crippen LogP contribution in [0, 0.1) is 11.2 Å². The molecule has 0 saturated carbocycles. The molecule has 1 aliphatic carbocycles. The van der Waals surface area contributed by atoms with Crippen molar-refractivity contribution in [1.82, 2.24) is 25.3 Å². The van der Waals surface area contributed by atoms with Crippen LogP contribution in [0.4, 0.5) is 4.39 Å². The van der Waals surface area contributed by atoms with Gasteiger partial charge in [-0.15, -0.1) is 0 Å². The van der Waals surface area contributed by atoms with Crippen LogP contribution in [0.25, 0.3) is 5.69 Å². The summed E-state index contributed by atoms with van der Waals surface area (Å²) in [5.74, 6) is -0.464. The van der Waals surface area contributed by atoms with Crippen molar-refractivity contribution < 1.29 is 9.18 Å². The molecule has 2 heterocycles. The Hall–Kier alpha value is -2.96. The van der Waals surface area contributed by atoms with Gasteiger partial charge in [0.2, 0.25) is 0 Å². The van der Waals surface area contributed by atoms with E-state index >= 15 is 0 Å². The molecular weight excluding hydrogens is 369 g/mol. The van der Waals surface area contributed by atoms with Gasteiger partial charge in [0, 0.05) is 11.3 Å². The fourth-order valence-corrected chi connectivity index (χ4v) is 4.08. The molecule has 0 fully saturated rings. The predicted molar refractivity (Wildman–Crippen MR) is 108 cm³/mol. The van der Waals surface area contributed by atoms with Crippen LogP contribution < -0.4 is 5.32 Å². The minimum absolute atomic E-state index is 0.0122. The fourth-order valence-electron chi connectivity index (χ4n) is 4.08. The lowest BCUT2D eigenvalue weighted by Gasteiger charge is -2.35. The van der Waals surface area contributed by atoms with Crippen LogP contribution >= 0.6 is 0 Å². The van der Waals surface area contributed by atoms with E-state index in [9.17, 15) is 9.18 Å². The first-order valence-corrected chi connectivity index (χ1v) is 10.0. The molecule has 4 rings (SSSR count). The second-order valence-corrected chi connectivity index (χ2v) is 8.53. The van der Waals surface area contributed by atoms with Crippen LogP contribution in [-0.2, 0) is 12.8 Å². The van der Waals surface area contributed by atoms with Gasteiger partial charge in [0.15, 0.2) is 0 Å². The quantitative estimate of drug-likeness (QED) is 0.682. The molecule has 3 aromatic rings. The smallest absolute Gasteiger partial charge is 0.272 e. The van der Waals surface area contributed by atoms with E-state index < -0.39 is 0 Å². The maximum Gasteiger partial charge on any atom is 0.272 e. The van der Waals surface area contributed by atoms with Gasteiger partial charge < -0.3 is 5.32 Å². The number of aryl methyl sites for hydroxylation is 1. The van der Waals surface area contributed by atoms with Crippen molar-refractivity contribution in [3.8, 4) is 5.69 Å². The molecule has 1 amide bonds. The molecule has 0 bridgehead atoms. The predicted octanol–water partition coefficient (Wildman–Crippen LogP) is 4.13. The van der Waals surface area contributed by atoms with Crippen molar-refractivity contribution >= 4 is 5.91 Å². The lowest BCUT2D eigenvalue weighted by molar-refractivity contribution is 0.0914. The van der Waals surface area contributed by atoms with E-state index in [-0.39, 0.29) is 23.2 Å². The molecule has 0 saturated heterocycles. The van der Waals surface area contributed by atoms with Gasteiger partial charge in [-0.05, 0) is 55.0 Å². The van der Waals surface area contributed by atoms with Crippen LogP contribution in [0.5, 0.6) is 0 Å². The number of nitrogens with zero attached hydrogens (tertiary/aromatic N) is 3. The third-order valence-electron chi connectivity index (χ3n) is 5.44. The molecule has 0 radical (unpaired) electrons. The summed E-state index contributed by atoms with van der Waals surface area (Å²) in [6.07, 6.45) is 5.31. The Kier molecular flexibility index (Phi) is 4.98. The molecular formula is C22H26FN5O. The monoisotopic (exact) mass is 395 g/mol. The summed E-state index contributed by atoms with van der Waals surface area (Å²) in [5.41, 5.74) is 4.22. The lowest BCUT2D eigenvalue weighted by atomic mass is 9.74. The number of carbonyl (C=O) groups excluding carboxylic acids is 1. The van der Waals surface area contributed by atoms with Crippen LogP contribution in [0.3, 0.4) is 0 Å². The first-order chi connectivity index (χ1) is 13.9. The number of aromatic nitrogens is 4. The molecule has 6 nitrogen and oxygen atoms in total. The van der Waals surface area contributed by atoms with Gasteiger partial charge in [-0.2, -0.15) is 10.2 Å². The SMILES string of the molecule is CCCc1cc(C(=O)N[C@@H]2CC(C)(C)Cc3c2cnn3-c2ccc(F)cc2)n[nH]1. The molecule has 29 heavy (non-hydrogen) atoms. The number of carbonyl (C=O) groups is 1. The number of amides is 1. The number of rotatable bonds is 5. The maximum atomic E-state index is 13.3. The molecule has 7 heteroatoms. The summed E-state index contributed by atoms with van der Waals surface area (Å²) in [6, 6.07) is 7.97. The van der Waals surface area contributed by atoms with E-state index in [1.807, 2.05) is 16.9 Å². The highest BCUT2D eigenvalue weighted by atomic mass is 19.1. The zero-order valence-corrected chi connectivity index (χ0v) is 17.0. The van der Waals surface area contributed by atoms with Gasteiger partial charge >= 0.3 is 0 Å². The van der Waals surface area contributed by atoms with Crippen LogP contribution in [0.15, 0.2) is 36.5 Å². The number of fused-ring (bicyclic) bond motifs is 1. The first-order valence-electron chi connectivity index (χ1n) is 10.0. The van der Waals surface area contributed by atoms with E-state index in [0.717, 1.165) is 48.3 Å². The highest BCUT2D eigenvalue weighted by Crippen LogP contribution is 2.41. The third-order valence-corrected chi connectivity index (χ3v) is 5.44. The molecule has 0 aliphatic heterocycles. The van der Waals surface area contributed by atoms with E-state index in [2.05, 4.69) is 41.4 Å². The largest absolute Gasteiger partial charge is 0.344 e. The summed E-state index contributed by atoms with van der Waals surface area (Å²) in [6.45, 7) is 6.46. The number of halogens is 1. The van der Waals surface area contributed by atoms with E-state index in [1.165, 1.54) is 12.1 Å². The second kappa shape index (κ2) is 7.46. The van der Waals surface area contributed by atoms with Crippen molar-refractivity contribution in [1.29, 1.82) is 0 Å². The van der Waals surface area contributed by atoms with Gasteiger partial charge in [-0.1, -0.05) is 27.2 Å². The van der Waals surface area contributed by atoms with Crippen molar-refractivity contribution in [3.05, 3.63) is 65.0 Å². The van der Waals surface area contributed by atoms with Gasteiger partial charge in [0.05, 0.1) is 23.6 Å². The first kappa shape index (κ1) is 19.4. The highest BCUT2D eigenvalue weighted by Gasteiger charge is 2.36. The van der Waals surface area contributed by atoms with E-state index in [0.29, 0.717) is 5.69 Å². The van der Waals surface area contributed by atoms with Gasteiger partial charge in [-0.25, -0.2) is 9.07 Å². The number of hydrogen-bond acceptors (Lipinski definition) is 3. The Morgan fingerprint density at radius 2 is 2.10 bits per heavy atom. The number of hydrogen-bond donors (Lipinski definition) is 2. The normalized spacial score (nSPS) is 17.7. The molecule has 152 valence electrons. The molecule has 2 N–H and O–H groups in total. The van der Waals surface area contributed by atoms with Gasteiger partial charge in [0.1, 0.15) is 11.5 Å². The second-order valence-electron chi connectivity index (χ2n) is 8.53. The maximum absolute atomic E-state index is 13.3. The van der Waals surface area contributed by atoms with Crippen LogP contribution in [0.2, 0.25) is 0 Å². The topological polar surface area (TPSA) is 75.6 Å². The highest BCUT2D eigenvalue weighted by molar-refractivity contribution is 5.92. The fraction of sp³-hybridized carbons (Fsp3) is 0.409. The van der Waals surface area contributed by atoms with Crippen LogP contribution in [-0.4, -0.2) is 25.9 Å².